The van der Waals surface area contributed by atoms with E-state index in [9.17, 15) is 5.11 Å². The molecule has 2 aromatic rings. The highest BCUT2D eigenvalue weighted by atomic mass is 79.9. The molecule has 19 heavy (non-hydrogen) atoms. The van der Waals surface area contributed by atoms with E-state index in [1.807, 2.05) is 39.8 Å². The summed E-state index contributed by atoms with van der Waals surface area (Å²) in [5.41, 5.74) is 3.83. The lowest BCUT2D eigenvalue weighted by molar-refractivity contribution is 0.216. The van der Waals surface area contributed by atoms with E-state index < -0.39 is 6.10 Å². The Kier molecular flexibility index (Phi) is 4.23. The van der Waals surface area contributed by atoms with Crippen LogP contribution in [0.1, 0.15) is 39.9 Å². The van der Waals surface area contributed by atoms with E-state index in [-0.39, 0.29) is 0 Å². The Bertz CT molecular complexity index is 630. The number of aliphatic hydroxyl groups excluding tert-OH is 1. The Hall–Kier alpha value is -0.580. The molecule has 0 fully saturated rings. The van der Waals surface area contributed by atoms with Crippen molar-refractivity contribution in [1.29, 1.82) is 0 Å². The maximum absolute atomic E-state index is 10.7. The van der Waals surface area contributed by atoms with Crippen LogP contribution in [0.25, 0.3) is 0 Å². The van der Waals surface area contributed by atoms with Crippen molar-refractivity contribution in [1.82, 2.24) is 0 Å². The molecule has 0 spiro atoms. The van der Waals surface area contributed by atoms with Gasteiger partial charge < -0.3 is 9.52 Å². The molecular weight excluding hydrogens is 372 g/mol. The summed E-state index contributed by atoms with van der Waals surface area (Å²) >= 11 is 7.03. The molecule has 0 radical (unpaired) electrons. The van der Waals surface area contributed by atoms with Crippen LogP contribution in [0.4, 0.5) is 0 Å². The average Bonchev–Trinajstić information content (AvgIpc) is 2.57. The number of halogens is 2. The SMILES string of the molecule is Cc1cc(Br)c(C(O)c2c(C)oc(C)c2C)cc1Br. The lowest BCUT2D eigenvalue weighted by atomic mass is 9.97. The lowest BCUT2D eigenvalue weighted by Crippen LogP contribution is -2.03. The van der Waals surface area contributed by atoms with Gasteiger partial charge in [0, 0.05) is 20.1 Å². The van der Waals surface area contributed by atoms with E-state index in [0.29, 0.717) is 0 Å². The van der Waals surface area contributed by atoms with Gasteiger partial charge in [-0.25, -0.2) is 0 Å². The van der Waals surface area contributed by atoms with Gasteiger partial charge in [-0.2, -0.15) is 0 Å². The van der Waals surface area contributed by atoms with E-state index in [2.05, 4.69) is 31.9 Å². The first-order chi connectivity index (χ1) is 8.82. The summed E-state index contributed by atoms with van der Waals surface area (Å²) in [7, 11) is 0. The Morgan fingerprint density at radius 2 is 1.63 bits per heavy atom. The van der Waals surface area contributed by atoms with Crippen LogP contribution in [0.15, 0.2) is 25.5 Å². The Balaban J connectivity index is 2.56. The first kappa shape index (κ1) is 14.8. The maximum atomic E-state index is 10.7. The molecule has 1 unspecified atom stereocenters. The number of hydrogen-bond acceptors (Lipinski definition) is 2. The fourth-order valence-electron chi connectivity index (χ4n) is 2.24. The summed E-state index contributed by atoms with van der Waals surface area (Å²) < 4.78 is 7.48. The molecule has 1 aromatic carbocycles. The predicted octanol–water partition coefficient (Wildman–Crippen LogP) is 5.12. The summed E-state index contributed by atoms with van der Waals surface area (Å²) in [4.78, 5) is 0. The smallest absolute Gasteiger partial charge is 0.109 e. The van der Waals surface area contributed by atoms with Gasteiger partial charge in [0.2, 0.25) is 0 Å². The number of rotatable bonds is 2. The molecule has 0 saturated heterocycles. The Morgan fingerprint density at radius 3 is 2.16 bits per heavy atom. The Labute approximate surface area is 130 Å². The van der Waals surface area contributed by atoms with Crippen molar-refractivity contribution in [2.24, 2.45) is 0 Å². The molecule has 4 heteroatoms. The van der Waals surface area contributed by atoms with Crippen LogP contribution in [0, 0.1) is 27.7 Å². The minimum atomic E-state index is -0.691. The molecule has 1 N–H and O–H groups in total. The van der Waals surface area contributed by atoms with Crippen LogP contribution in [-0.2, 0) is 0 Å². The quantitative estimate of drug-likeness (QED) is 0.775. The zero-order chi connectivity index (χ0) is 14.3. The average molecular weight is 388 g/mol. The summed E-state index contributed by atoms with van der Waals surface area (Å²) in [5, 5.41) is 10.7. The van der Waals surface area contributed by atoms with E-state index in [1.54, 1.807) is 0 Å². The van der Waals surface area contributed by atoms with Crippen LogP contribution in [-0.4, -0.2) is 5.11 Å². The van der Waals surface area contributed by atoms with Gasteiger partial charge in [0.15, 0.2) is 0 Å². The third-order valence-electron chi connectivity index (χ3n) is 3.46. The first-order valence-electron chi connectivity index (χ1n) is 6.03. The summed E-state index contributed by atoms with van der Waals surface area (Å²) in [6.45, 7) is 7.79. The van der Waals surface area contributed by atoms with Crippen molar-refractivity contribution in [3.05, 3.63) is 54.9 Å². The van der Waals surface area contributed by atoms with Crippen LogP contribution in [0.2, 0.25) is 0 Å². The van der Waals surface area contributed by atoms with Gasteiger partial charge in [0.1, 0.15) is 17.6 Å². The molecule has 1 atom stereocenters. The molecule has 102 valence electrons. The standard InChI is InChI=1S/C15H16Br2O2/c1-7-5-13(17)11(6-12(7)16)15(18)14-8(2)9(3)19-10(14)4/h5-6,15,18H,1-4H3. The summed E-state index contributed by atoms with van der Waals surface area (Å²) in [5.74, 6) is 1.62. The monoisotopic (exact) mass is 386 g/mol. The van der Waals surface area contributed by atoms with Crippen molar-refractivity contribution in [2.75, 3.05) is 0 Å². The van der Waals surface area contributed by atoms with Crippen molar-refractivity contribution in [2.45, 2.75) is 33.8 Å². The van der Waals surface area contributed by atoms with Gasteiger partial charge in [0.05, 0.1) is 0 Å². The topological polar surface area (TPSA) is 33.4 Å². The highest BCUT2D eigenvalue weighted by molar-refractivity contribution is 9.11. The van der Waals surface area contributed by atoms with Crippen LogP contribution < -0.4 is 0 Å². The zero-order valence-electron chi connectivity index (χ0n) is 11.3. The number of hydrogen-bond donors (Lipinski definition) is 1. The second kappa shape index (κ2) is 5.43. The largest absolute Gasteiger partial charge is 0.466 e. The normalized spacial score (nSPS) is 12.8. The maximum Gasteiger partial charge on any atom is 0.109 e. The molecule has 0 aliphatic heterocycles. The molecule has 2 rings (SSSR count). The highest BCUT2D eigenvalue weighted by Crippen LogP contribution is 2.36. The number of benzene rings is 1. The van der Waals surface area contributed by atoms with Crippen molar-refractivity contribution < 1.29 is 9.52 Å². The number of aryl methyl sites for hydroxylation is 3. The molecule has 1 heterocycles. The molecule has 2 nitrogen and oxygen atoms in total. The fourth-order valence-corrected chi connectivity index (χ4v) is 3.27. The fraction of sp³-hybridized carbons (Fsp3) is 0.333. The van der Waals surface area contributed by atoms with Crippen molar-refractivity contribution in [3.8, 4) is 0 Å². The summed E-state index contributed by atoms with van der Waals surface area (Å²) in [6.07, 6.45) is -0.691. The molecule has 0 saturated carbocycles. The second-order valence-corrected chi connectivity index (χ2v) is 6.49. The predicted molar refractivity (Wildman–Crippen MR) is 83.6 cm³/mol. The van der Waals surface area contributed by atoms with Crippen LogP contribution >= 0.6 is 31.9 Å². The number of aliphatic hydroxyl groups is 1. The second-order valence-electron chi connectivity index (χ2n) is 4.78. The summed E-state index contributed by atoms with van der Waals surface area (Å²) in [6, 6.07) is 3.95. The molecule has 0 aliphatic carbocycles. The number of furan rings is 1. The third kappa shape index (κ3) is 2.67. The minimum Gasteiger partial charge on any atom is -0.466 e. The van der Waals surface area contributed by atoms with Gasteiger partial charge in [-0.05, 0) is 51.0 Å². The minimum absolute atomic E-state index is 0.691. The van der Waals surface area contributed by atoms with E-state index in [0.717, 1.165) is 42.7 Å². The van der Waals surface area contributed by atoms with E-state index in [1.165, 1.54) is 0 Å². The molecule has 0 bridgehead atoms. The highest BCUT2D eigenvalue weighted by Gasteiger charge is 2.22. The molecule has 0 aliphatic rings. The van der Waals surface area contributed by atoms with Crippen molar-refractivity contribution >= 4 is 31.9 Å². The van der Waals surface area contributed by atoms with E-state index >= 15 is 0 Å². The molecule has 1 aromatic heterocycles. The Morgan fingerprint density at radius 1 is 1.00 bits per heavy atom. The van der Waals surface area contributed by atoms with Crippen LogP contribution in [0.3, 0.4) is 0 Å². The van der Waals surface area contributed by atoms with Crippen LogP contribution in [0.5, 0.6) is 0 Å². The van der Waals surface area contributed by atoms with Gasteiger partial charge in [-0.1, -0.05) is 31.9 Å². The third-order valence-corrected chi connectivity index (χ3v) is 5.00. The van der Waals surface area contributed by atoms with E-state index in [4.69, 9.17) is 4.42 Å². The molecule has 0 amide bonds. The first-order valence-corrected chi connectivity index (χ1v) is 7.61. The van der Waals surface area contributed by atoms with Gasteiger partial charge in [0.25, 0.3) is 0 Å². The van der Waals surface area contributed by atoms with Gasteiger partial charge in [-0.3, -0.25) is 0 Å². The lowest BCUT2D eigenvalue weighted by Gasteiger charge is -2.15. The molecular formula is C15H16Br2O2. The van der Waals surface area contributed by atoms with Crippen molar-refractivity contribution in [3.63, 3.8) is 0 Å². The zero-order valence-corrected chi connectivity index (χ0v) is 14.5. The van der Waals surface area contributed by atoms with Gasteiger partial charge >= 0.3 is 0 Å². The van der Waals surface area contributed by atoms with Gasteiger partial charge in [-0.15, -0.1) is 0 Å².